The van der Waals surface area contributed by atoms with Gasteiger partial charge in [0.1, 0.15) is 0 Å². The van der Waals surface area contributed by atoms with Gasteiger partial charge in [-0.2, -0.15) is 0 Å². The SMILES string of the molecule is CC[C@]1(O)[C@H](C)C[C@H](c2ccncc2)C[C@@H]1N. The summed E-state index contributed by atoms with van der Waals surface area (Å²) in [6, 6.07) is 3.98. The normalized spacial score (nSPS) is 38.0. The van der Waals surface area contributed by atoms with Crippen LogP contribution in [0.1, 0.15) is 44.6 Å². The van der Waals surface area contributed by atoms with Crippen molar-refractivity contribution in [1.82, 2.24) is 4.98 Å². The van der Waals surface area contributed by atoms with E-state index in [4.69, 9.17) is 5.73 Å². The third-order valence-electron chi connectivity index (χ3n) is 4.42. The average molecular weight is 234 g/mol. The predicted molar refractivity (Wildman–Crippen MR) is 68.6 cm³/mol. The quantitative estimate of drug-likeness (QED) is 0.823. The van der Waals surface area contributed by atoms with Crippen molar-refractivity contribution in [2.45, 2.75) is 50.7 Å². The van der Waals surface area contributed by atoms with Gasteiger partial charge in [0.15, 0.2) is 0 Å². The molecule has 1 aromatic rings. The van der Waals surface area contributed by atoms with Crippen LogP contribution in [-0.2, 0) is 0 Å². The number of pyridine rings is 1. The molecule has 0 amide bonds. The molecule has 1 heterocycles. The van der Waals surface area contributed by atoms with Gasteiger partial charge >= 0.3 is 0 Å². The van der Waals surface area contributed by atoms with Gasteiger partial charge in [-0.25, -0.2) is 0 Å². The van der Waals surface area contributed by atoms with E-state index in [-0.39, 0.29) is 12.0 Å². The summed E-state index contributed by atoms with van der Waals surface area (Å²) in [5.41, 5.74) is 6.78. The third-order valence-corrected chi connectivity index (χ3v) is 4.42. The lowest BCUT2D eigenvalue weighted by atomic mass is 9.66. The van der Waals surface area contributed by atoms with E-state index in [0.717, 1.165) is 19.3 Å². The Morgan fingerprint density at radius 1 is 1.41 bits per heavy atom. The van der Waals surface area contributed by atoms with Crippen LogP contribution in [0, 0.1) is 5.92 Å². The van der Waals surface area contributed by atoms with Crippen molar-refractivity contribution < 1.29 is 5.11 Å². The zero-order chi connectivity index (χ0) is 12.5. The van der Waals surface area contributed by atoms with Crippen molar-refractivity contribution in [3.8, 4) is 0 Å². The Labute approximate surface area is 103 Å². The molecule has 4 atom stereocenters. The van der Waals surface area contributed by atoms with Gasteiger partial charge in [0.05, 0.1) is 5.60 Å². The van der Waals surface area contributed by atoms with Crippen molar-refractivity contribution in [3.63, 3.8) is 0 Å². The summed E-state index contributed by atoms with van der Waals surface area (Å²) in [5.74, 6) is 0.698. The van der Waals surface area contributed by atoms with Gasteiger partial charge in [-0.1, -0.05) is 13.8 Å². The lowest BCUT2D eigenvalue weighted by Crippen LogP contribution is -2.56. The number of hydrogen-bond acceptors (Lipinski definition) is 3. The van der Waals surface area contributed by atoms with Crippen molar-refractivity contribution in [1.29, 1.82) is 0 Å². The van der Waals surface area contributed by atoms with Crippen LogP contribution in [0.4, 0.5) is 0 Å². The Kier molecular flexibility index (Phi) is 3.50. The van der Waals surface area contributed by atoms with Crippen molar-refractivity contribution in [2.75, 3.05) is 0 Å². The number of aromatic nitrogens is 1. The summed E-state index contributed by atoms with van der Waals surface area (Å²) < 4.78 is 0. The second kappa shape index (κ2) is 4.75. The van der Waals surface area contributed by atoms with E-state index in [2.05, 4.69) is 24.0 Å². The average Bonchev–Trinajstić information content (AvgIpc) is 2.36. The minimum atomic E-state index is -0.691. The summed E-state index contributed by atoms with van der Waals surface area (Å²) in [7, 11) is 0. The van der Waals surface area contributed by atoms with E-state index in [1.807, 2.05) is 19.3 Å². The fraction of sp³-hybridized carbons (Fsp3) is 0.643. The van der Waals surface area contributed by atoms with E-state index in [0.29, 0.717) is 5.92 Å². The molecule has 1 aliphatic rings. The Morgan fingerprint density at radius 3 is 2.59 bits per heavy atom. The molecule has 0 unspecified atom stereocenters. The Bertz CT molecular complexity index is 354. The van der Waals surface area contributed by atoms with Crippen LogP contribution in [0.25, 0.3) is 0 Å². The van der Waals surface area contributed by atoms with Gasteiger partial charge in [0.25, 0.3) is 0 Å². The highest BCUT2D eigenvalue weighted by Crippen LogP contribution is 2.42. The monoisotopic (exact) mass is 234 g/mol. The minimum Gasteiger partial charge on any atom is -0.388 e. The first-order chi connectivity index (χ1) is 8.08. The molecule has 94 valence electrons. The minimum absolute atomic E-state index is 0.130. The number of rotatable bonds is 2. The van der Waals surface area contributed by atoms with Gasteiger partial charge in [0.2, 0.25) is 0 Å². The Morgan fingerprint density at radius 2 is 2.06 bits per heavy atom. The molecule has 0 spiro atoms. The smallest absolute Gasteiger partial charge is 0.0821 e. The molecule has 0 aliphatic heterocycles. The molecule has 1 aromatic heterocycles. The molecule has 3 N–H and O–H groups in total. The van der Waals surface area contributed by atoms with Gasteiger partial charge in [-0.05, 0) is 48.8 Å². The van der Waals surface area contributed by atoms with Crippen LogP contribution in [0.5, 0.6) is 0 Å². The van der Waals surface area contributed by atoms with Gasteiger partial charge in [-0.3, -0.25) is 4.98 Å². The van der Waals surface area contributed by atoms with Crippen LogP contribution in [0.15, 0.2) is 24.5 Å². The van der Waals surface area contributed by atoms with Crippen LogP contribution >= 0.6 is 0 Å². The van der Waals surface area contributed by atoms with Crippen molar-refractivity contribution in [2.24, 2.45) is 11.7 Å². The molecule has 1 aliphatic carbocycles. The Balaban J connectivity index is 2.17. The van der Waals surface area contributed by atoms with E-state index in [1.165, 1.54) is 5.56 Å². The number of nitrogens with zero attached hydrogens (tertiary/aromatic N) is 1. The van der Waals surface area contributed by atoms with Crippen LogP contribution < -0.4 is 5.73 Å². The number of aliphatic hydroxyl groups is 1. The molecule has 0 radical (unpaired) electrons. The highest BCUT2D eigenvalue weighted by Gasteiger charge is 2.44. The van der Waals surface area contributed by atoms with Crippen molar-refractivity contribution >= 4 is 0 Å². The van der Waals surface area contributed by atoms with E-state index in [1.54, 1.807) is 0 Å². The molecule has 0 bridgehead atoms. The Hall–Kier alpha value is -0.930. The second-order valence-corrected chi connectivity index (χ2v) is 5.30. The van der Waals surface area contributed by atoms with Crippen LogP contribution in [0.2, 0.25) is 0 Å². The van der Waals surface area contributed by atoms with Gasteiger partial charge in [-0.15, -0.1) is 0 Å². The van der Waals surface area contributed by atoms with E-state index >= 15 is 0 Å². The van der Waals surface area contributed by atoms with Gasteiger partial charge in [0, 0.05) is 18.4 Å². The topological polar surface area (TPSA) is 59.1 Å². The fourth-order valence-corrected chi connectivity index (χ4v) is 3.12. The van der Waals surface area contributed by atoms with Crippen LogP contribution in [0.3, 0.4) is 0 Å². The summed E-state index contributed by atoms with van der Waals surface area (Å²) in [4.78, 5) is 4.04. The molecule has 1 fully saturated rings. The highest BCUT2D eigenvalue weighted by atomic mass is 16.3. The van der Waals surface area contributed by atoms with E-state index in [9.17, 15) is 5.11 Å². The summed E-state index contributed by atoms with van der Waals surface area (Å²) >= 11 is 0. The lowest BCUT2D eigenvalue weighted by molar-refractivity contribution is -0.0652. The molecule has 3 heteroatoms. The highest BCUT2D eigenvalue weighted by molar-refractivity contribution is 5.19. The molecule has 3 nitrogen and oxygen atoms in total. The van der Waals surface area contributed by atoms with Crippen LogP contribution in [-0.4, -0.2) is 21.7 Å². The standard InChI is InChI=1S/C14H22N2O/c1-3-14(17)10(2)8-12(9-13(14)15)11-4-6-16-7-5-11/h4-7,10,12-13,17H,3,8-9,15H2,1-2H3/t10-,12+,13+,14+/m1/s1. The zero-order valence-corrected chi connectivity index (χ0v) is 10.6. The number of hydrogen-bond donors (Lipinski definition) is 2. The molecular weight excluding hydrogens is 212 g/mol. The zero-order valence-electron chi connectivity index (χ0n) is 10.6. The maximum atomic E-state index is 10.5. The fourth-order valence-electron chi connectivity index (χ4n) is 3.12. The first-order valence-corrected chi connectivity index (χ1v) is 6.45. The predicted octanol–water partition coefficient (Wildman–Crippen LogP) is 2.06. The molecule has 0 saturated heterocycles. The maximum absolute atomic E-state index is 10.5. The third kappa shape index (κ3) is 2.22. The molecule has 1 saturated carbocycles. The molecule has 2 rings (SSSR count). The maximum Gasteiger partial charge on any atom is 0.0821 e. The molecule has 17 heavy (non-hydrogen) atoms. The summed E-state index contributed by atoms with van der Waals surface area (Å²) in [6.45, 7) is 4.12. The van der Waals surface area contributed by atoms with Crippen molar-refractivity contribution in [3.05, 3.63) is 30.1 Å². The lowest BCUT2D eigenvalue weighted by Gasteiger charge is -2.45. The summed E-state index contributed by atoms with van der Waals surface area (Å²) in [5, 5.41) is 10.5. The largest absolute Gasteiger partial charge is 0.388 e. The first-order valence-electron chi connectivity index (χ1n) is 6.45. The second-order valence-electron chi connectivity index (χ2n) is 5.30. The first kappa shape index (κ1) is 12.5. The molecular formula is C14H22N2O. The molecule has 0 aromatic carbocycles. The van der Waals surface area contributed by atoms with Gasteiger partial charge < -0.3 is 10.8 Å². The summed E-state index contributed by atoms with van der Waals surface area (Å²) in [6.07, 6.45) is 6.25. The number of nitrogens with two attached hydrogens (primary N) is 1. The van der Waals surface area contributed by atoms with E-state index < -0.39 is 5.60 Å².